The van der Waals surface area contributed by atoms with Crippen LogP contribution in [0.2, 0.25) is 0 Å². The van der Waals surface area contributed by atoms with E-state index >= 15 is 0 Å². The Morgan fingerprint density at radius 2 is 1.56 bits per heavy atom. The second kappa shape index (κ2) is 9.31. The van der Waals surface area contributed by atoms with Crippen LogP contribution in [0, 0.1) is 13.8 Å². The van der Waals surface area contributed by atoms with E-state index in [0.29, 0.717) is 33.8 Å². The Kier molecular flexibility index (Phi) is 6.27. The third-order valence-electron chi connectivity index (χ3n) is 5.58. The minimum atomic E-state index is -0.496. The van der Waals surface area contributed by atoms with Gasteiger partial charge in [0.25, 0.3) is 5.91 Å². The molecular weight excluding hydrogens is 434 g/mol. The second-order valence-electron chi connectivity index (χ2n) is 7.82. The van der Waals surface area contributed by atoms with Crippen LogP contribution in [0.5, 0.6) is 17.2 Å². The van der Waals surface area contributed by atoms with Gasteiger partial charge in [0.2, 0.25) is 17.1 Å². The van der Waals surface area contributed by atoms with Crippen molar-refractivity contribution in [1.29, 1.82) is 0 Å². The summed E-state index contributed by atoms with van der Waals surface area (Å²) in [6.07, 6.45) is 0. The van der Waals surface area contributed by atoms with Gasteiger partial charge in [-0.1, -0.05) is 42.0 Å². The fourth-order valence-corrected chi connectivity index (χ4v) is 3.90. The second-order valence-corrected chi connectivity index (χ2v) is 7.82. The molecule has 4 rings (SSSR count). The first-order chi connectivity index (χ1) is 16.4. The van der Waals surface area contributed by atoms with Crippen molar-refractivity contribution in [3.63, 3.8) is 0 Å². The summed E-state index contributed by atoms with van der Waals surface area (Å²) in [7, 11) is 4.43. The highest BCUT2D eigenvalue weighted by Gasteiger charge is 2.22. The highest BCUT2D eigenvalue weighted by Crippen LogP contribution is 2.38. The lowest BCUT2D eigenvalue weighted by molar-refractivity contribution is 0.102. The van der Waals surface area contributed by atoms with Gasteiger partial charge < -0.3 is 18.6 Å². The Hall–Kier alpha value is -4.26. The van der Waals surface area contributed by atoms with Crippen LogP contribution in [0.3, 0.4) is 0 Å². The summed E-state index contributed by atoms with van der Waals surface area (Å²) in [6, 6.07) is 15.9. The minimum absolute atomic E-state index is 0.0659. The molecule has 4 aromatic rings. The van der Waals surface area contributed by atoms with Gasteiger partial charge >= 0.3 is 0 Å². The molecule has 1 heterocycles. The maximum Gasteiger partial charge on any atom is 0.258 e. The lowest BCUT2D eigenvalue weighted by Crippen LogP contribution is -2.17. The predicted octanol–water partition coefficient (Wildman–Crippen LogP) is 5.35. The number of hydrogen-bond acceptors (Lipinski definition) is 6. The van der Waals surface area contributed by atoms with Gasteiger partial charge in [-0.3, -0.25) is 14.9 Å². The van der Waals surface area contributed by atoms with Crippen molar-refractivity contribution in [2.24, 2.45) is 0 Å². The zero-order chi connectivity index (χ0) is 24.4. The maximum atomic E-state index is 13.5. The smallest absolute Gasteiger partial charge is 0.258 e. The molecule has 0 spiro atoms. The molecule has 0 aliphatic heterocycles. The quantitative estimate of drug-likeness (QED) is 0.418. The van der Waals surface area contributed by atoms with E-state index in [2.05, 4.69) is 5.32 Å². The number of carbonyl (C=O) groups excluding carboxylic acids is 1. The fraction of sp³-hybridized carbons (Fsp3) is 0.185. The van der Waals surface area contributed by atoms with E-state index in [1.807, 2.05) is 50.2 Å². The molecule has 0 fully saturated rings. The molecule has 0 unspecified atom stereocenters. The van der Waals surface area contributed by atoms with Crippen LogP contribution in [0.4, 0.5) is 5.88 Å². The van der Waals surface area contributed by atoms with E-state index in [1.165, 1.54) is 33.5 Å². The van der Waals surface area contributed by atoms with Crippen molar-refractivity contribution < 1.29 is 23.4 Å². The van der Waals surface area contributed by atoms with E-state index in [4.69, 9.17) is 18.6 Å². The van der Waals surface area contributed by atoms with Crippen molar-refractivity contribution in [2.75, 3.05) is 26.6 Å². The molecule has 0 bridgehead atoms. The molecule has 1 amide bonds. The van der Waals surface area contributed by atoms with E-state index in [0.717, 1.165) is 11.1 Å². The summed E-state index contributed by atoms with van der Waals surface area (Å²) >= 11 is 0. The summed E-state index contributed by atoms with van der Waals surface area (Å²) in [5.74, 6) is 0.610. The van der Waals surface area contributed by atoms with Gasteiger partial charge in [-0.2, -0.15) is 0 Å². The molecule has 1 N–H and O–H groups in total. The van der Waals surface area contributed by atoms with Crippen LogP contribution in [0.15, 0.2) is 63.8 Å². The monoisotopic (exact) mass is 459 g/mol. The molecule has 3 aromatic carbocycles. The number of methoxy groups -OCH3 is 3. The first-order valence-electron chi connectivity index (χ1n) is 10.6. The summed E-state index contributed by atoms with van der Waals surface area (Å²) < 4.78 is 22.2. The van der Waals surface area contributed by atoms with Crippen molar-refractivity contribution >= 4 is 22.8 Å². The average Bonchev–Trinajstić information content (AvgIpc) is 2.83. The molecule has 0 atom stereocenters. The molecule has 174 valence electrons. The molecule has 0 saturated carbocycles. The van der Waals surface area contributed by atoms with Gasteiger partial charge in [-0.25, -0.2) is 0 Å². The molecule has 7 nitrogen and oxygen atoms in total. The molecule has 0 radical (unpaired) electrons. The SMILES string of the molecule is COc1cc(C(=O)Nc2oc3c(C)cccc3c(=O)c2-c2cccc(C)c2)cc(OC)c1OC. The fourth-order valence-electron chi connectivity index (χ4n) is 3.90. The van der Waals surface area contributed by atoms with E-state index in [-0.39, 0.29) is 22.4 Å². The van der Waals surface area contributed by atoms with Gasteiger partial charge in [-0.15, -0.1) is 0 Å². The topological polar surface area (TPSA) is 87.0 Å². The standard InChI is InChI=1S/C27H25NO6/c1-15-8-6-10-17(12-15)22-23(29)19-11-7-9-16(2)24(19)34-27(22)28-26(30)18-13-20(31-3)25(33-5)21(14-18)32-4/h6-14H,1-5H3,(H,28,30). The van der Waals surface area contributed by atoms with Crippen LogP contribution in [0.1, 0.15) is 21.5 Å². The van der Waals surface area contributed by atoms with Gasteiger partial charge in [0.1, 0.15) is 5.58 Å². The molecular formula is C27H25NO6. The number of hydrogen-bond donors (Lipinski definition) is 1. The third-order valence-corrected chi connectivity index (χ3v) is 5.58. The first-order valence-corrected chi connectivity index (χ1v) is 10.6. The molecule has 0 saturated heterocycles. The predicted molar refractivity (Wildman–Crippen MR) is 131 cm³/mol. The molecule has 0 aliphatic rings. The summed E-state index contributed by atoms with van der Waals surface area (Å²) in [6.45, 7) is 3.78. The van der Waals surface area contributed by atoms with Crippen LogP contribution >= 0.6 is 0 Å². The number of para-hydroxylation sites is 1. The number of amides is 1. The Morgan fingerprint density at radius 3 is 2.18 bits per heavy atom. The minimum Gasteiger partial charge on any atom is -0.493 e. The van der Waals surface area contributed by atoms with Gasteiger partial charge in [0, 0.05) is 5.56 Å². The first kappa shape index (κ1) is 22.9. The number of aryl methyl sites for hydroxylation is 2. The average molecular weight is 459 g/mol. The van der Waals surface area contributed by atoms with E-state index in [9.17, 15) is 9.59 Å². The zero-order valence-corrected chi connectivity index (χ0v) is 19.6. The number of rotatable bonds is 6. The van der Waals surface area contributed by atoms with Crippen molar-refractivity contribution in [3.8, 4) is 28.4 Å². The zero-order valence-electron chi connectivity index (χ0n) is 19.6. The van der Waals surface area contributed by atoms with Crippen molar-refractivity contribution in [2.45, 2.75) is 13.8 Å². The van der Waals surface area contributed by atoms with Crippen LogP contribution in [-0.4, -0.2) is 27.2 Å². The number of nitrogens with one attached hydrogen (secondary N) is 1. The lowest BCUT2D eigenvalue weighted by Gasteiger charge is -2.15. The molecule has 0 aliphatic carbocycles. The Balaban J connectivity index is 1.89. The Bertz CT molecular complexity index is 1430. The number of ether oxygens (including phenoxy) is 3. The molecule has 34 heavy (non-hydrogen) atoms. The number of fused-ring (bicyclic) bond motifs is 1. The number of anilines is 1. The highest BCUT2D eigenvalue weighted by molar-refractivity contribution is 6.06. The van der Waals surface area contributed by atoms with Crippen molar-refractivity contribution in [1.82, 2.24) is 0 Å². The lowest BCUT2D eigenvalue weighted by atomic mass is 10.0. The molecule has 7 heteroatoms. The third kappa shape index (κ3) is 4.08. The van der Waals surface area contributed by atoms with E-state index in [1.54, 1.807) is 6.07 Å². The van der Waals surface area contributed by atoms with E-state index < -0.39 is 5.91 Å². The number of benzene rings is 3. The highest BCUT2D eigenvalue weighted by atomic mass is 16.5. The van der Waals surface area contributed by atoms with Crippen molar-refractivity contribution in [3.05, 3.63) is 81.5 Å². The van der Waals surface area contributed by atoms with Crippen LogP contribution in [-0.2, 0) is 0 Å². The summed E-state index contributed by atoms with van der Waals surface area (Å²) in [5, 5.41) is 3.23. The number of carbonyl (C=O) groups is 1. The Morgan fingerprint density at radius 1 is 0.882 bits per heavy atom. The van der Waals surface area contributed by atoms with Gasteiger partial charge in [0.05, 0.1) is 32.3 Å². The van der Waals surface area contributed by atoms with Gasteiger partial charge in [-0.05, 0) is 43.2 Å². The summed E-state index contributed by atoms with van der Waals surface area (Å²) in [4.78, 5) is 26.9. The summed E-state index contributed by atoms with van der Waals surface area (Å²) in [5.41, 5.74) is 3.13. The maximum absolute atomic E-state index is 13.5. The van der Waals surface area contributed by atoms with Gasteiger partial charge in [0.15, 0.2) is 11.5 Å². The normalized spacial score (nSPS) is 10.7. The van der Waals surface area contributed by atoms with Crippen LogP contribution in [0.25, 0.3) is 22.1 Å². The molecule has 1 aromatic heterocycles. The van der Waals surface area contributed by atoms with Crippen LogP contribution < -0.4 is 25.0 Å². The Labute approximate surface area is 196 Å². The largest absolute Gasteiger partial charge is 0.493 e.